The Morgan fingerprint density at radius 1 is 1.28 bits per heavy atom. The van der Waals surface area contributed by atoms with Gasteiger partial charge in [-0.1, -0.05) is 27.7 Å². The number of amides is 1. The summed E-state index contributed by atoms with van der Waals surface area (Å²) in [6.07, 6.45) is 1.08. The van der Waals surface area contributed by atoms with Crippen LogP contribution in [0, 0.1) is 10.1 Å². The van der Waals surface area contributed by atoms with Gasteiger partial charge in [0, 0.05) is 22.3 Å². The quantitative estimate of drug-likeness (QED) is 0.434. The van der Waals surface area contributed by atoms with Crippen LogP contribution in [0.25, 0.3) is 0 Å². The second kappa shape index (κ2) is 8.25. The van der Waals surface area contributed by atoms with Crippen LogP contribution >= 0.6 is 15.9 Å². The van der Waals surface area contributed by atoms with E-state index in [0.29, 0.717) is 0 Å². The van der Waals surface area contributed by atoms with Crippen molar-refractivity contribution < 1.29 is 14.8 Å². The van der Waals surface area contributed by atoms with Gasteiger partial charge in [0.25, 0.3) is 11.6 Å². The van der Waals surface area contributed by atoms with E-state index in [2.05, 4.69) is 31.8 Å². The summed E-state index contributed by atoms with van der Waals surface area (Å²) in [4.78, 5) is 22.1. The first-order chi connectivity index (χ1) is 11.9. The number of rotatable bonds is 6. The molecule has 25 heavy (non-hydrogen) atoms. The predicted octanol–water partition coefficient (Wildman–Crippen LogP) is 2.38. The summed E-state index contributed by atoms with van der Waals surface area (Å²) in [6, 6.07) is 10.0. The van der Waals surface area contributed by atoms with Crippen LogP contribution in [0.2, 0.25) is 0 Å². The summed E-state index contributed by atoms with van der Waals surface area (Å²) in [6.45, 7) is 1.65. The van der Waals surface area contributed by atoms with Crippen molar-refractivity contribution in [1.82, 2.24) is 5.43 Å². The van der Waals surface area contributed by atoms with E-state index < -0.39 is 22.6 Å². The van der Waals surface area contributed by atoms with Gasteiger partial charge in [0.2, 0.25) is 0 Å². The van der Waals surface area contributed by atoms with Gasteiger partial charge >= 0.3 is 0 Å². The number of hydrogen-bond acceptors (Lipinski definition) is 6. The summed E-state index contributed by atoms with van der Waals surface area (Å²) in [5.74, 6) is -0.846. The average molecular weight is 406 g/mol. The topological polar surface area (TPSA) is 120 Å². The number of halogens is 1. The van der Waals surface area contributed by atoms with Crippen molar-refractivity contribution >= 4 is 39.4 Å². The molecule has 0 saturated carbocycles. The zero-order valence-corrected chi connectivity index (χ0v) is 14.7. The van der Waals surface area contributed by atoms with Crippen LogP contribution in [-0.2, 0) is 4.79 Å². The molecule has 0 spiro atoms. The fourth-order valence-electron chi connectivity index (χ4n) is 1.87. The molecule has 0 aliphatic rings. The van der Waals surface area contributed by atoms with Gasteiger partial charge in [-0.05, 0) is 36.8 Å². The Hall–Kier alpha value is -2.94. The summed E-state index contributed by atoms with van der Waals surface area (Å²) in [5, 5.41) is 29.0. The second-order valence-corrected chi connectivity index (χ2v) is 6.00. The Morgan fingerprint density at radius 3 is 2.60 bits per heavy atom. The fourth-order valence-corrected chi connectivity index (χ4v) is 2.14. The Kier molecular flexibility index (Phi) is 6.07. The number of nitrogens with one attached hydrogen (secondary N) is 2. The Balaban J connectivity index is 1.96. The third-order valence-electron chi connectivity index (χ3n) is 3.20. The average Bonchev–Trinajstić information content (AvgIpc) is 2.58. The highest BCUT2D eigenvalue weighted by Gasteiger charge is 2.11. The van der Waals surface area contributed by atoms with E-state index in [-0.39, 0.29) is 11.3 Å². The maximum absolute atomic E-state index is 12.0. The molecule has 0 bridgehead atoms. The van der Waals surface area contributed by atoms with E-state index >= 15 is 0 Å². The molecule has 1 atom stereocenters. The molecule has 0 aromatic heterocycles. The highest BCUT2D eigenvalue weighted by Crippen LogP contribution is 2.19. The van der Waals surface area contributed by atoms with Gasteiger partial charge < -0.3 is 10.4 Å². The minimum Gasteiger partial charge on any atom is -0.872 e. The SMILES string of the molecule is C[C@H](Nc1ccc(Br)cc1)C(=O)N/N=C\c1cc([N+](=O)[O-])ccc1[O-]. The molecular weight excluding hydrogens is 392 g/mol. The molecule has 130 valence electrons. The highest BCUT2D eigenvalue weighted by molar-refractivity contribution is 9.10. The lowest BCUT2D eigenvalue weighted by Crippen LogP contribution is -2.34. The third-order valence-corrected chi connectivity index (χ3v) is 3.73. The Labute approximate surface area is 151 Å². The molecule has 8 nitrogen and oxygen atoms in total. The normalized spacial score (nSPS) is 11.9. The second-order valence-electron chi connectivity index (χ2n) is 5.09. The van der Waals surface area contributed by atoms with Crippen LogP contribution < -0.4 is 15.8 Å². The molecule has 1 amide bonds. The van der Waals surface area contributed by atoms with Crippen molar-refractivity contribution in [3.63, 3.8) is 0 Å². The monoisotopic (exact) mass is 405 g/mol. The molecule has 0 radical (unpaired) electrons. The maximum Gasteiger partial charge on any atom is 0.270 e. The Morgan fingerprint density at radius 2 is 1.96 bits per heavy atom. The molecule has 0 unspecified atom stereocenters. The lowest BCUT2D eigenvalue weighted by Gasteiger charge is -2.13. The van der Waals surface area contributed by atoms with Crippen LogP contribution in [-0.4, -0.2) is 23.1 Å². The summed E-state index contributed by atoms with van der Waals surface area (Å²) in [7, 11) is 0. The zero-order valence-electron chi connectivity index (χ0n) is 13.1. The van der Waals surface area contributed by atoms with E-state index in [9.17, 15) is 20.0 Å². The first-order valence-electron chi connectivity index (χ1n) is 7.17. The molecule has 0 fully saturated rings. The van der Waals surface area contributed by atoms with Crippen molar-refractivity contribution in [3.05, 3.63) is 62.6 Å². The number of carbonyl (C=O) groups is 1. The number of hydrogen-bond donors (Lipinski definition) is 2. The van der Waals surface area contributed by atoms with Gasteiger partial charge in [-0.2, -0.15) is 5.10 Å². The number of anilines is 1. The van der Waals surface area contributed by atoms with Crippen molar-refractivity contribution in [3.8, 4) is 5.75 Å². The first kappa shape index (κ1) is 18.4. The summed E-state index contributed by atoms with van der Waals surface area (Å²) < 4.78 is 0.921. The molecule has 0 aliphatic carbocycles. The molecule has 9 heteroatoms. The summed E-state index contributed by atoms with van der Waals surface area (Å²) in [5.41, 5.74) is 2.84. The largest absolute Gasteiger partial charge is 0.872 e. The van der Waals surface area contributed by atoms with E-state index in [0.717, 1.165) is 34.6 Å². The van der Waals surface area contributed by atoms with Gasteiger partial charge in [0.1, 0.15) is 6.04 Å². The smallest absolute Gasteiger partial charge is 0.270 e. The lowest BCUT2D eigenvalue weighted by atomic mass is 10.2. The molecule has 2 aromatic rings. The number of non-ortho nitro benzene ring substituents is 1. The van der Waals surface area contributed by atoms with Crippen molar-refractivity contribution in [1.29, 1.82) is 0 Å². The lowest BCUT2D eigenvalue weighted by molar-refractivity contribution is -0.385. The van der Waals surface area contributed by atoms with Gasteiger partial charge in [-0.3, -0.25) is 14.9 Å². The van der Waals surface area contributed by atoms with Gasteiger partial charge in [0.05, 0.1) is 11.1 Å². The molecule has 0 heterocycles. The van der Waals surface area contributed by atoms with E-state index in [1.165, 1.54) is 0 Å². The standard InChI is InChI=1S/C16H15BrN4O4/c1-10(19-13-4-2-12(17)3-5-13)16(23)20-18-9-11-8-14(21(24)25)6-7-15(11)22/h2-10,19,22H,1H3,(H,20,23)/p-1/b18-9-/t10-/m0/s1. The Bertz CT molecular complexity index is 808. The van der Waals surface area contributed by atoms with Crippen molar-refractivity contribution in [2.24, 2.45) is 5.10 Å². The van der Waals surface area contributed by atoms with Gasteiger partial charge in [-0.15, -0.1) is 0 Å². The molecule has 0 saturated heterocycles. The number of nitro benzene ring substituents is 1. The van der Waals surface area contributed by atoms with Gasteiger partial charge in [0.15, 0.2) is 0 Å². The zero-order chi connectivity index (χ0) is 18.4. The third kappa shape index (κ3) is 5.28. The highest BCUT2D eigenvalue weighted by atomic mass is 79.9. The number of nitro groups is 1. The van der Waals surface area contributed by atoms with Gasteiger partial charge in [-0.25, -0.2) is 5.43 Å². The van der Waals surface area contributed by atoms with E-state index in [1.807, 2.05) is 24.3 Å². The van der Waals surface area contributed by atoms with Crippen molar-refractivity contribution in [2.75, 3.05) is 5.32 Å². The van der Waals surface area contributed by atoms with Crippen LogP contribution in [0.3, 0.4) is 0 Å². The molecule has 2 aromatic carbocycles. The maximum atomic E-state index is 12.0. The molecule has 2 N–H and O–H groups in total. The van der Waals surface area contributed by atoms with Crippen LogP contribution in [0.1, 0.15) is 12.5 Å². The van der Waals surface area contributed by atoms with Crippen molar-refractivity contribution in [2.45, 2.75) is 13.0 Å². The van der Waals surface area contributed by atoms with E-state index in [4.69, 9.17) is 0 Å². The minimum atomic E-state index is -0.612. The number of benzene rings is 2. The molecule has 2 rings (SSSR count). The fraction of sp³-hybridized carbons (Fsp3) is 0.125. The number of nitrogens with zero attached hydrogens (tertiary/aromatic N) is 2. The minimum absolute atomic E-state index is 0.0167. The van der Waals surface area contributed by atoms with Crippen LogP contribution in [0.4, 0.5) is 11.4 Å². The molecule has 0 aliphatic heterocycles. The number of carbonyl (C=O) groups excluding carboxylic acids is 1. The molecular formula is C16H14BrN4O4-. The van der Waals surface area contributed by atoms with Crippen LogP contribution in [0.5, 0.6) is 5.75 Å². The first-order valence-corrected chi connectivity index (χ1v) is 7.96. The summed E-state index contributed by atoms with van der Waals surface area (Å²) >= 11 is 3.32. The number of hydrazone groups is 1. The predicted molar refractivity (Wildman–Crippen MR) is 95.5 cm³/mol. The van der Waals surface area contributed by atoms with Crippen LogP contribution in [0.15, 0.2) is 52.0 Å². The van der Waals surface area contributed by atoms with E-state index in [1.54, 1.807) is 6.92 Å².